The van der Waals surface area contributed by atoms with E-state index in [2.05, 4.69) is 4.74 Å². The summed E-state index contributed by atoms with van der Waals surface area (Å²) in [4.78, 5) is 10.5. The third-order valence-corrected chi connectivity index (χ3v) is 1.24. The van der Waals surface area contributed by atoms with Crippen molar-refractivity contribution < 1.29 is 19.7 Å². The molecule has 2 atom stereocenters. The average molecular weight is 162 g/mol. The van der Waals surface area contributed by atoms with Crippen LogP contribution in [0.2, 0.25) is 0 Å². The molecule has 66 valence electrons. The number of esters is 1. The highest BCUT2D eigenvalue weighted by Gasteiger charge is 2.12. The number of carbonyl (C=O) groups is 1. The maximum absolute atomic E-state index is 10.5. The second kappa shape index (κ2) is 5.09. The zero-order valence-corrected chi connectivity index (χ0v) is 6.78. The van der Waals surface area contributed by atoms with Crippen LogP contribution in [0.5, 0.6) is 0 Å². The molecule has 0 saturated heterocycles. The third kappa shape index (κ3) is 5.82. The summed E-state index contributed by atoms with van der Waals surface area (Å²) in [7, 11) is 1.26. The molecule has 2 N–H and O–H groups in total. The van der Waals surface area contributed by atoms with Crippen molar-refractivity contribution in [2.45, 2.75) is 32.0 Å². The summed E-state index contributed by atoms with van der Waals surface area (Å²) in [6.07, 6.45) is -1.24. The van der Waals surface area contributed by atoms with Gasteiger partial charge in [0.1, 0.15) is 0 Å². The molecule has 1 unspecified atom stereocenters. The van der Waals surface area contributed by atoms with Gasteiger partial charge in [-0.15, -0.1) is 0 Å². The number of rotatable bonds is 4. The predicted octanol–water partition coefficient (Wildman–Crippen LogP) is -0.319. The smallest absolute Gasteiger partial charge is 0.308 e. The van der Waals surface area contributed by atoms with Gasteiger partial charge < -0.3 is 14.9 Å². The van der Waals surface area contributed by atoms with Crippen molar-refractivity contribution in [3.05, 3.63) is 0 Å². The van der Waals surface area contributed by atoms with Crippen molar-refractivity contribution in [3.63, 3.8) is 0 Å². The van der Waals surface area contributed by atoms with Gasteiger partial charge in [0.2, 0.25) is 0 Å². The van der Waals surface area contributed by atoms with Gasteiger partial charge in [-0.05, 0) is 13.3 Å². The minimum absolute atomic E-state index is 0.0542. The molecular formula is C7H14O4. The van der Waals surface area contributed by atoms with E-state index in [4.69, 9.17) is 10.2 Å². The monoisotopic (exact) mass is 162 g/mol. The Hall–Kier alpha value is -0.610. The van der Waals surface area contributed by atoms with Crippen LogP contribution in [0.4, 0.5) is 0 Å². The minimum atomic E-state index is -0.803. The minimum Gasteiger partial charge on any atom is -0.469 e. The van der Waals surface area contributed by atoms with Gasteiger partial charge >= 0.3 is 5.97 Å². The number of methoxy groups -OCH3 is 1. The van der Waals surface area contributed by atoms with E-state index in [0.717, 1.165) is 0 Å². The molecule has 0 aliphatic carbocycles. The highest BCUT2D eigenvalue weighted by Crippen LogP contribution is 2.02. The van der Waals surface area contributed by atoms with Crippen molar-refractivity contribution >= 4 is 5.97 Å². The summed E-state index contributed by atoms with van der Waals surface area (Å²) >= 11 is 0. The molecule has 0 aliphatic rings. The Kier molecular flexibility index (Phi) is 4.81. The fourth-order valence-corrected chi connectivity index (χ4v) is 0.753. The third-order valence-electron chi connectivity index (χ3n) is 1.24. The molecule has 0 saturated carbocycles. The molecule has 0 radical (unpaired) electrons. The van der Waals surface area contributed by atoms with Crippen LogP contribution in [0.1, 0.15) is 19.8 Å². The van der Waals surface area contributed by atoms with Gasteiger partial charge in [-0.25, -0.2) is 0 Å². The number of hydrogen-bond donors (Lipinski definition) is 2. The molecule has 0 aromatic carbocycles. The maximum Gasteiger partial charge on any atom is 0.308 e. The van der Waals surface area contributed by atoms with E-state index < -0.39 is 18.2 Å². The van der Waals surface area contributed by atoms with Crippen LogP contribution >= 0.6 is 0 Å². The van der Waals surface area contributed by atoms with Gasteiger partial charge in [0.25, 0.3) is 0 Å². The summed E-state index contributed by atoms with van der Waals surface area (Å²) < 4.78 is 4.32. The van der Waals surface area contributed by atoms with Gasteiger partial charge in [-0.1, -0.05) is 0 Å². The van der Waals surface area contributed by atoms with Gasteiger partial charge in [0.05, 0.1) is 25.7 Å². The lowest BCUT2D eigenvalue weighted by Crippen LogP contribution is -2.19. The Bertz CT molecular complexity index is 122. The normalized spacial score (nSPS) is 15.6. The topological polar surface area (TPSA) is 66.8 Å². The second-order valence-corrected chi connectivity index (χ2v) is 2.52. The van der Waals surface area contributed by atoms with E-state index in [-0.39, 0.29) is 12.8 Å². The van der Waals surface area contributed by atoms with E-state index in [1.165, 1.54) is 7.11 Å². The lowest BCUT2D eigenvalue weighted by Gasteiger charge is -2.10. The fourth-order valence-electron chi connectivity index (χ4n) is 0.753. The lowest BCUT2D eigenvalue weighted by molar-refractivity contribution is -0.143. The van der Waals surface area contributed by atoms with Crippen LogP contribution in [0, 0.1) is 0 Å². The van der Waals surface area contributed by atoms with Crippen molar-refractivity contribution in [2.75, 3.05) is 7.11 Å². The van der Waals surface area contributed by atoms with Crippen LogP contribution in [0.15, 0.2) is 0 Å². The summed E-state index contributed by atoms with van der Waals surface area (Å²) in [5, 5.41) is 17.9. The Labute approximate surface area is 65.8 Å². The zero-order chi connectivity index (χ0) is 8.85. The molecule has 0 heterocycles. The molecule has 11 heavy (non-hydrogen) atoms. The molecule has 0 bridgehead atoms. The van der Waals surface area contributed by atoms with E-state index in [0.29, 0.717) is 0 Å². The molecule has 0 aromatic rings. The highest BCUT2D eigenvalue weighted by molar-refractivity contribution is 5.69. The Morgan fingerprint density at radius 1 is 1.55 bits per heavy atom. The first-order chi connectivity index (χ1) is 5.06. The highest BCUT2D eigenvalue weighted by atomic mass is 16.5. The van der Waals surface area contributed by atoms with Crippen LogP contribution in [-0.4, -0.2) is 35.5 Å². The average Bonchev–Trinajstić information content (AvgIpc) is 1.85. The van der Waals surface area contributed by atoms with Crippen molar-refractivity contribution in [3.8, 4) is 0 Å². The molecule has 0 fully saturated rings. The van der Waals surface area contributed by atoms with E-state index in [1.54, 1.807) is 6.92 Å². The molecule has 0 amide bonds. The second-order valence-electron chi connectivity index (χ2n) is 2.52. The van der Waals surface area contributed by atoms with Crippen LogP contribution in [0.3, 0.4) is 0 Å². The molecule has 0 aliphatic heterocycles. The van der Waals surface area contributed by atoms with Gasteiger partial charge in [-0.3, -0.25) is 4.79 Å². The van der Waals surface area contributed by atoms with E-state index in [9.17, 15) is 4.79 Å². The first-order valence-corrected chi connectivity index (χ1v) is 3.49. The molecular weight excluding hydrogens is 148 g/mol. The zero-order valence-electron chi connectivity index (χ0n) is 6.78. The van der Waals surface area contributed by atoms with Gasteiger partial charge in [0.15, 0.2) is 0 Å². The molecule has 4 nitrogen and oxygen atoms in total. The SMILES string of the molecule is COC(=O)C[C@H](O)CC(C)O. The van der Waals surface area contributed by atoms with Crippen LogP contribution < -0.4 is 0 Å². The Morgan fingerprint density at radius 3 is 2.45 bits per heavy atom. The maximum atomic E-state index is 10.5. The molecule has 0 rings (SSSR count). The molecule has 0 spiro atoms. The number of hydrogen-bond acceptors (Lipinski definition) is 4. The van der Waals surface area contributed by atoms with Gasteiger partial charge in [0, 0.05) is 0 Å². The molecule has 4 heteroatoms. The standard InChI is InChI=1S/C7H14O4/c1-5(8)3-6(9)4-7(10)11-2/h5-6,8-9H,3-4H2,1-2H3/t5?,6-/m1/s1. The summed E-state index contributed by atoms with van der Waals surface area (Å²) in [5.74, 6) is -0.460. The summed E-state index contributed by atoms with van der Waals surface area (Å²) in [6.45, 7) is 1.56. The first kappa shape index (κ1) is 10.4. The van der Waals surface area contributed by atoms with E-state index in [1.807, 2.05) is 0 Å². The fraction of sp³-hybridized carbons (Fsp3) is 0.857. The van der Waals surface area contributed by atoms with Crippen LogP contribution in [0.25, 0.3) is 0 Å². The largest absolute Gasteiger partial charge is 0.469 e. The van der Waals surface area contributed by atoms with Crippen LogP contribution in [-0.2, 0) is 9.53 Å². The summed E-state index contributed by atoms with van der Waals surface area (Å²) in [6, 6.07) is 0. The number of ether oxygens (including phenoxy) is 1. The Balaban J connectivity index is 3.51. The van der Waals surface area contributed by atoms with Gasteiger partial charge in [-0.2, -0.15) is 0 Å². The predicted molar refractivity (Wildman–Crippen MR) is 38.9 cm³/mol. The number of carbonyl (C=O) groups excluding carboxylic acids is 1. The number of aliphatic hydroxyl groups is 2. The first-order valence-electron chi connectivity index (χ1n) is 3.49. The Morgan fingerprint density at radius 2 is 2.09 bits per heavy atom. The van der Waals surface area contributed by atoms with Crippen molar-refractivity contribution in [2.24, 2.45) is 0 Å². The lowest BCUT2D eigenvalue weighted by atomic mass is 10.1. The van der Waals surface area contributed by atoms with Crippen molar-refractivity contribution in [1.82, 2.24) is 0 Å². The molecule has 0 aromatic heterocycles. The summed E-state index contributed by atoms with van der Waals surface area (Å²) in [5.41, 5.74) is 0. The quantitative estimate of drug-likeness (QED) is 0.556. The van der Waals surface area contributed by atoms with Crippen molar-refractivity contribution in [1.29, 1.82) is 0 Å². The van der Waals surface area contributed by atoms with E-state index >= 15 is 0 Å². The number of aliphatic hydroxyl groups excluding tert-OH is 2.